The number of hydrogen-bond donors (Lipinski definition) is 2. The minimum Gasteiger partial charge on any atom is -0.432 e. The zero-order valence-corrected chi connectivity index (χ0v) is 12.7. The average Bonchev–Trinajstić information content (AvgIpc) is 3.27. The van der Waals surface area contributed by atoms with Gasteiger partial charge in [-0.25, -0.2) is 9.97 Å². The lowest BCUT2D eigenvalue weighted by Crippen LogP contribution is -2.23. The van der Waals surface area contributed by atoms with Crippen LogP contribution in [0.1, 0.15) is 16.5 Å². The SMILES string of the molecule is O=C(NCc1nc2ccccc2[nH]1)c1ncc(-c2ccccc2)o1. The number of carbonyl (C=O) groups is 1. The third kappa shape index (κ3) is 2.77. The molecule has 2 N–H and O–H groups in total. The van der Waals surface area contributed by atoms with Crippen molar-refractivity contribution >= 4 is 16.9 Å². The minimum atomic E-state index is -0.377. The molecule has 2 aromatic carbocycles. The Hall–Kier alpha value is -3.41. The number of nitrogens with one attached hydrogen (secondary N) is 2. The first-order chi connectivity index (χ1) is 11.8. The van der Waals surface area contributed by atoms with Crippen molar-refractivity contribution in [3.8, 4) is 11.3 Å². The Morgan fingerprint density at radius 3 is 2.71 bits per heavy atom. The Bertz CT molecular complexity index is 955. The summed E-state index contributed by atoms with van der Waals surface area (Å²) < 4.78 is 5.53. The maximum absolute atomic E-state index is 12.2. The fourth-order valence-electron chi connectivity index (χ4n) is 2.44. The molecule has 2 heterocycles. The van der Waals surface area contributed by atoms with Crippen LogP contribution in [0.2, 0.25) is 0 Å². The number of fused-ring (bicyclic) bond motifs is 1. The van der Waals surface area contributed by atoms with Crippen LogP contribution in [0.25, 0.3) is 22.4 Å². The van der Waals surface area contributed by atoms with Crippen molar-refractivity contribution in [1.82, 2.24) is 20.3 Å². The summed E-state index contributed by atoms with van der Waals surface area (Å²) in [6.45, 7) is 0.274. The molecule has 0 saturated carbocycles. The summed E-state index contributed by atoms with van der Waals surface area (Å²) in [5.41, 5.74) is 2.68. The Morgan fingerprint density at radius 1 is 1.08 bits per heavy atom. The van der Waals surface area contributed by atoms with E-state index >= 15 is 0 Å². The molecule has 0 bridgehead atoms. The summed E-state index contributed by atoms with van der Waals surface area (Å²) >= 11 is 0. The maximum Gasteiger partial charge on any atom is 0.307 e. The topological polar surface area (TPSA) is 83.8 Å². The molecular formula is C18H14N4O2. The van der Waals surface area contributed by atoms with Crippen LogP contribution in [-0.2, 0) is 6.54 Å². The van der Waals surface area contributed by atoms with Gasteiger partial charge in [0.1, 0.15) is 5.82 Å². The van der Waals surface area contributed by atoms with Crippen LogP contribution in [0.3, 0.4) is 0 Å². The number of carbonyl (C=O) groups excluding carboxylic acids is 1. The van der Waals surface area contributed by atoms with E-state index in [0.29, 0.717) is 11.6 Å². The number of para-hydroxylation sites is 2. The van der Waals surface area contributed by atoms with Crippen molar-refractivity contribution in [3.63, 3.8) is 0 Å². The van der Waals surface area contributed by atoms with Crippen molar-refractivity contribution < 1.29 is 9.21 Å². The average molecular weight is 318 g/mol. The molecule has 6 heteroatoms. The maximum atomic E-state index is 12.2. The zero-order valence-electron chi connectivity index (χ0n) is 12.7. The molecule has 24 heavy (non-hydrogen) atoms. The number of oxazole rings is 1. The molecule has 0 aliphatic rings. The molecule has 4 aromatic rings. The van der Waals surface area contributed by atoms with Gasteiger partial charge in [-0.2, -0.15) is 0 Å². The van der Waals surface area contributed by atoms with Crippen molar-refractivity contribution in [2.75, 3.05) is 0 Å². The highest BCUT2D eigenvalue weighted by molar-refractivity contribution is 5.90. The Kier molecular flexibility index (Phi) is 3.55. The predicted molar refractivity (Wildman–Crippen MR) is 89.2 cm³/mol. The Labute approximate surface area is 137 Å². The molecule has 0 saturated heterocycles. The molecule has 0 spiro atoms. The molecule has 4 rings (SSSR count). The van der Waals surface area contributed by atoms with Crippen LogP contribution in [0.15, 0.2) is 65.2 Å². The number of imidazole rings is 1. The number of hydrogen-bond acceptors (Lipinski definition) is 4. The lowest BCUT2D eigenvalue weighted by Gasteiger charge is -1.99. The fourth-order valence-corrected chi connectivity index (χ4v) is 2.44. The minimum absolute atomic E-state index is 0.0324. The number of amides is 1. The molecule has 6 nitrogen and oxygen atoms in total. The smallest absolute Gasteiger partial charge is 0.307 e. The molecule has 0 aliphatic heterocycles. The van der Waals surface area contributed by atoms with Gasteiger partial charge < -0.3 is 14.7 Å². The van der Waals surface area contributed by atoms with Gasteiger partial charge >= 0.3 is 5.91 Å². The first kappa shape index (κ1) is 14.2. The number of nitrogens with zero attached hydrogens (tertiary/aromatic N) is 2. The van der Waals surface area contributed by atoms with Crippen molar-refractivity contribution in [2.45, 2.75) is 6.54 Å². The summed E-state index contributed by atoms with van der Waals surface area (Å²) in [7, 11) is 0. The van der Waals surface area contributed by atoms with Gasteiger partial charge in [-0.15, -0.1) is 0 Å². The lowest BCUT2D eigenvalue weighted by molar-refractivity contribution is 0.0916. The van der Waals surface area contributed by atoms with Gasteiger partial charge in [-0.3, -0.25) is 4.79 Å². The molecule has 118 valence electrons. The van der Waals surface area contributed by atoms with Crippen LogP contribution >= 0.6 is 0 Å². The van der Waals surface area contributed by atoms with Crippen LogP contribution < -0.4 is 5.32 Å². The summed E-state index contributed by atoms with van der Waals surface area (Å²) in [5, 5.41) is 2.75. The molecule has 2 aromatic heterocycles. The largest absolute Gasteiger partial charge is 0.432 e. The highest BCUT2D eigenvalue weighted by Crippen LogP contribution is 2.19. The second-order valence-electron chi connectivity index (χ2n) is 5.28. The van der Waals surface area contributed by atoms with E-state index < -0.39 is 0 Å². The molecule has 0 unspecified atom stereocenters. The number of benzene rings is 2. The van der Waals surface area contributed by atoms with Crippen LogP contribution in [0.4, 0.5) is 0 Å². The zero-order chi connectivity index (χ0) is 16.4. The standard InChI is InChI=1S/C18H14N4O2/c23-17(18-20-10-15(24-18)12-6-2-1-3-7-12)19-11-16-21-13-8-4-5-9-14(13)22-16/h1-10H,11H2,(H,19,23)(H,21,22). The van der Waals surface area contributed by atoms with Crippen molar-refractivity contribution in [3.05, 3.63) is 72.5 Å². The third-order valence-corrected chi connectivity index (χ3v) is 3.61. The summed E-state index contributed by atoms with van der Waals surface area (Å²) in [5.74, 6) is 0.895. The Balaban J connectivity index is 1.45. The third-order valence-electron chi connectivity index (χ3n) is 3.61. The molecular weight excluding hydrogens is 304 g/mol. The molecule has 0 fully saturated rings. The monoisotopic (exact) mass is 318 g/mol. The number of rotatable bonds is 4. The van der Waals surface area contributed by atoms with Gasteiger partial charge in [0, 0.05) is 5.56 Å². The van der Waals surface area contributed by atoms with Crippen LogP contribution in [0.5, 0.6) is 0 Å². The normalized spacial score (nSPS) is 10.8. The van der Waals surface area contributed by atoms with E-state index in [-0.39, 0.29) is 18.3 Å². The quantitative estimate of drug-likeness (QED) is 0.605. The molecule has 0 radical (unpaired) electrons. The number of aromatic nitrogens is 3. The van der Waals surface area contributed by atoms with Gasteiger partial charge in [-0.1, -0.05) is 42.5 Å². The van der Waals surface area contributed by atoms with Gasteiger partial charge in [0.15, 0.2) is 5.76 Å². The van der Waals surface area contributed by atoms with E-state index in [1.807, 2.05) is 54.6 Å². The van der Waals surface area contributed by atoms with Gasteiger partial charge in [0.05, 0.1) is 23.8 Å². The van der Waals surface area contributed by atoms with E-state index in [1.165, 1.54) is 0 Å². The van der Waals surface area contributed by atoms with Crippen LogP contribution in [-0.4, -0.2) is 20.9 Å². The van der Waals surface area contributed by atoms with Gasteiger partial charge in [-0.05, 0) is 12.1 Å². The number of aromatic amines is 1. The van der Waals surface area contributed by atoms with Crippen molar-refractivity contribution in [2.24, 2.45) is 0 Å². The van der Waals surface area contributed by atoms with E-state index in [0.717, 1.165) is 16.6 Å². The molecule has 0 atom stereocenters. The highest BCUT2D eigenvalue weighted by atomic mass is 16.4. The van der Waals surface area contributed by atoms with E-state index in [2.05, 4.69) is 20.3 Å². The second kappa shape index (κ2) is 6.00. The first-order valence-electron chi connectivity index (χ1n) is 7.53. The van der Waals surface area contributed by atoms with E-state index in [4.69, 9.17) is 4.42 Å². The predicted octanol–water partition coefficient (Wildman–Crippen LogP) is 3.15. The van der Waals surface area contributed by atoms with E-state index in [9.17, 15) is 4.79 Å². The second-order valence-corrected chi connectivity index (χ2v) is 5.28. The highest BCUT2D eigenvalue weighted by Gasteiger charge is 2.14. The number of H-pyrrole nitrogens is 1. The van der Waals surface area contributed by atoms with Gasteiger partial charge in [0.2, 0.25) is 0 Å². The molecule has 1 amide bonds. The Morgan fingerprint density at radius 2 is 1.88 bits per heavy atom. The summed E-state index contributed by atoms with van der Waals surface area (Å²) in [4.78, 5) is 23.8. The molecule has 0 aliphatic carbocycles. The van der Waals surface area contributed by atoms with Crippen LogP contribution in [0, 0.1) is 0 Å². The lowest BCUT2D eigenvalue weighted by atomic mass is 10.2. The fraction of sp³-hybridized carbons (Fsp3) is 0.0556. The first-order valence-corrected chi connectivity index (χ1v) is 7.53. The van der Waals surface area contributed by atoms with E-state index in [1.54, 1.807) is 6.20 Å². The van der Waals surface area contributed by atoms with Crippen molar-refractivity contribution in [1.29, 1.82) is 0 Å². The summed E-state index contributed by atoms with van der Waals surface area (Å²) in [6.07, 6.45) is 1.55. The summed E-state index contributed by atoms with van der Waals surface area (Å²) in [6, 6.07) is 17.2. The van der Waals surface area contributed by atoms with Gasteiger partial charge in [0.25, 0.3) is 5.89 Å².